The fourth-order valence-corrected chi connectivity index (χ4v) is 3.89. The molecule has 2 nitrogen and oxygen atoms in total. The summed E-state index contributed by atoms with van der Waals surface area (Å²) in [7, 11) is 3.50. The van der Waals surface area contributed by atoms with Gasteiger partial charge in [0.1, 0.15) is 0 Å². The van der Waals surface area contributed by atoms with Gasteiger partial charge >= 0.3 is 0 Å². The summed E-state index contributed by atoms with van der Waals surface area (Å²) in [5.74, 6) is 1.80. The predicted molar refractivity (Wildman–Crippen MR) is 103 cm³/mol. The molecule has 0 bridgehead atoms. The Morgan fingerprint density at radius 1 is 0.652 bits per heavy atom. The number of halogens is 1. The van der Waals surface area contributed by atoms with Gasteiger partial charge in [-0.25, -0.2) is 0 Å². The van der Waals surface area contributed by atoms with E-state index >= 15 is 0 Å². The average Bonchev–Trinajstić information content (AvgIpc) is 2.57. The summed E-state index contributed by atoms with van der Waals surface area (Å²) >= 11 is 3.80. The van der Waals surface area contributed by atoms with Crippen LogP contribution in [0.1, 0.15) is 76.0 Å². The minimum Gasteiger partial charge on any atom is -0.493 e. The van der Waals surface area contributed by atoms with Gasteiger partial charge in [0.2, 0.25) is 0 Å². The van der Waals surface area contributed by atoms with Crippen LogP contribution in [-0.2, 0) is 19.3 Å². The van der Waals surface area contributed by atoms with E-state index in [0.29, 0.717) is 0 Å². The SMILES string of the molecule is CCCCc1c(Br)c(OC)c(OC)c(CCCC)c1CCCC. The quantitative estimate of drug-likeness (QED) is 0.433. The first-order chi connectivity index (χ1) is 11.2. The van der Waals surface area contributed by atoms with Crippen molar-refractivity contribution in [1.29, 1.82) is 0 Å². The number of unbranched alkanes of at least 4 members (excludes halogenated alkanes) is 3. The highest BCUT2D eigenvalue weighted by Gasteiger charge is 2.23. The minimum absolute atomic E-state index is 0.866. The summed E-state index contributed by atoms with van der Waals surface area (Å²) in [5.41, 5.74) is 4.30. The standard InChI is InChI=1S/C20H33BrO2/c1-6-9-12-15-16(13-10-7-2)18(21)20(23-5)19(22-4)17(15)14-11-8-3/h6-14H2,1-5H3. The molecule has 0 radical (unpaired) electrons. The lowest BCUT2D eigenvalue weighted by molar-refractivity contribution is 0.348. The molecule has 0 aliphatic heterocycles. The summed E-state index contributed by atoms with van der Waals surface area (Å²) in [6, 6.07) is 0. The second kappa shape index (κ2) is 11.0. The molecule has 0 aliphatic rings. The highest BCUT2D eigenvalue weighted by atomic mass is 79.9. The maximum Gasteiger partial charge on any atom is 0.175 e. The molecule has 0 aromatic heterocycles. The third-order valence-corrected chi connectivity index (χ3v) is 5.26. The van der Waals surface area contributed by atoms with Crippen molar-refractivity contribution >= 4 is 15.9 Å². The average molecular weight is 385 g/mol. The Balaban J connectivity index is 3.49. The van der Waals surface area contributed by atoms with Crippen molar-refractivity contribution in [3.8, 4) is 11.5 Å². The van der Waals surface area contributed by atoms with Crippen molar-refractivity contribution in [2.75, 3.05) is 14.2 Å². The third-order valence-electron chi connectivity index (χ3n) is 4.42. The van der Waals surface area contributed by atoms with Crippen LogP contribution in [-0.4, -0.2) is 14.2 Å². The lowest BCUT2D eigenvalue weighted by Gasteiger charge is -2.23. The number of rotatable bonds is 11. The van der Waals surface area contributed by atoms with Crippen molar-refractivity contribution < 1.29 is 9.47 Å². The maximum atomic E-state index is 5.77. The van der Waals surface area contributed by atoms with Gasteiger partial charge in [0, 0.05) is 5.56 Å². The van der Waals surface area contributed by atoms with E-state index in [1.165, 1.54) is 55.2 Å². The van der Waals surface area contributed by atoms with E-state index in [9.17, 15) is 0 Å². The van der Waals surface area contributed by atoms with E-state index in [1.54, 1.807) is 14.2 Å². The molecule has 0 atom stereocenters. The molecule has 0 fully saturated rings. The van der Waals surface area contributed by atoms with Crippen LogP contribution in [0.3, 0.4) is 0 Å². The molecular formula is C20H33BrO2. The lowest BCUT2D eigenvalue weighted by atomic mass is 9.89. The first-order valence-electron chi connectivity index (χ1n) is 9.10. The van der Waals surface area contributed by atoms with Crippen LogP contribution in [0.15, 0.2) is 4.47 Å². The van der Waals surface area contributed by atoms with Gasteiger partial charge in [-0.3, -0.25) is 0 Å². The van der Waals surface area contributed by atoms with E-state index < -0.39 is 0 Å². The van der Waals surface area contributed by atoms with Crippen molar-refractivity contribution in [3.63, 3.8) is 0 Å². The molecule has 132 valence electrons. The predicted octanol–water partition coefficient (Wildman–Crippen LogP) is 6.49. The van der Waals surface area contributed by atoms with Gasteiger partial charge in [-0.15, -0.1) is 0 Å². The number of methoxy groups -OCH3 is 2. The van der Waals surface area contributed by atoms with Crippen LogP contribution < -0.4 is 9.47 Å². The van der Waals surface area contributed by atoms with Crippen LogP contribution >= 0.6 is 15.9 Å². The molecule has 23 heavy (non-hydrogen) atoms. The van der Waals surface area contributed by atoms with Crippen molar-refractivity contribution in [3.05, 3.63) is 21.2 Å². The van der Waals surface area contributed by atoms with Crippen LogP contribution in [0.25, 0.3) is 0 Å². The number of ether oxygens (including phenoxy) is 2. The molecule has 1 aromatic carbocycles. The number of benzene rings is 1. The van der Waals surface area contributed by atoms with Gasteiger partial charge in [-0.1, -0.05) is 40.0 Å². The van der Waals surface area contributed by atoms with E-state index in [1.807, 2.05) is 0 Å². The Morgan fingerprint density at radius 2 is 1.09 bits per heavy atom. The molecule has 0 unspecified atom stereocenters. The molecule has 1 rings (SSSR count). The van der Waals surface area contributed by atoms with Gasteiger partial charge in [0.05, 0.1) is 18.7 Å². The first kappa shape index (κ1) is 20.3. The van der Waals surface area contributed by atoms with Crippen LogP contribution in [0.5, 0.6) is 11.5 Å². The topological polar surface area (TPSA) is 18.5 Å². The molecule has 0 saturated carbocycles. The van der Waals surface area contributed by atoms with Gasteiger partial charge in [0.25, 0.3) is 0 Å². The van der Waals surface area contributed by atoms with Gasteiger partial charge in [0.15, 0.2) is 11.5 Å². The zero-order valence-electron chi connectivity index (χ0n) is 15.6. The molecule has 0 spiro atoms. The molecule has 0 heterocycles. The maximum absolute atomic E-state index is 5.77. The Morgan fingerprint density at radius 3 is 1.52 bits per heavy atom. The van der Waals surface area contributed by atoms with Crippen molar-refractivity contribution in [2.24, 2.45) is 0 Å². The largest absolute Gasteiger partial charge is 0.493 e. The molecular weight excluding hydrogens is 352 g/mol. The monoisotopic (exact) mass is 384 g/mol. The molecule has 0 aliphatic carbocycles. The summed E-state index contributed by atoms with van der Waals surface area (Å²) in [6.45, 7) is 6.75. The van der Waals surface area contributed by atoms with E-state index in [2.05, 4.69) is 36.7 Å². The second-order valence-electron chi connectivity index (χ2n) is 6.13. The summed E-state index contributed by atoms with van der Waals surface area (Å²) in [4.78, 5) is 0. The zero-order chi connectivity index (χ0) is 17.2. The van der Waals surface area contributed by atoms with Crippen molar-refractivity contribution in [1.82, 2.24) is 0 Å². The molecule has 0 saturated heterocycles. The first-order valence-corrected chi connectivity index (χ1v) is 9.89. The molecule has 0 amide bonds. The Labute approximate surface area is 151 Å². The summed E-state index contributed by atoms with van der Waals surface area (Å²) < 4.78 is 12.6. The fourth-order valence-electron chi connectivity index (χ4n) is 3.11. The molecule has 0 N–H and O–H groups in total. The smallest absolute Gasteiger partial charge is 0.175 e. The normalized spacial score (nSPS) is 10.9. The molecule has 1 aromatic rings. The summed E-state index contributed by atoms with van der Waals surface area (Å²) in [6.07, 6.45) is 10.5. The highest BCUT2D eigenvalue weighted by molar-refractivity contribution is 9.10. The minimum atomic E-state index is 0.866. The second-order valence-corrected chi connectivity index (χ2v) is 6.92. The fraction of sp³-hybridized carbons (Fsp3) is 0.700. The summed E-state index contributed by atoms with van der Waals surface area (Å²) in [5, 5.41) is 0. The highest BCUT2D eigenvalue weighted by Crippen LogP contribution is 2.45. The van der Waals surface area contributed by atoms with Crippen LogP contribution in [0.4, 0.5) is 0 Å². The lowest BCUT2D eigenvalue weighted by Crippen LogP contribution is -2.08. The van der Waals surface area contributed by atoms with Gasteiger partial charge < -0.3 is 9.47 Å². The van der Waals surface area contributed by atoms with Crippen LogP contribution in [0.2, 0.25) is 0 Å². The Bertz CT molecular complexity index is 483. The Hall–Kier alpha value is -0.700. The third kappa shape index (κ3) is 5.14. The Kier molecular flexibility index (Phi) is 9.69. The van der Waals surface area contributed by atoms with E-state index in [0.717, 1.165) is 35.2 Å². The number of hydrogen-bond acceptors (Lipinski definition) is 2. The van der Waals surface area contributed by atoms with Crippen molar-refractivity contribution in [2.45, 2.75) is 78.6 Å². The van der Waals surface area contributed by atoms with E-state index in [4.69, 9.17) is 9.47 Å². The van der Waals surface area contributed by atoms with Gasteiger partial charge in [-0.05, 0) is 65.6 Å². The number of hydrogen-bond donors (Lipinski definition) is 0. The molecule has 3 heteroatoms. The van der Waals surface area contributed by atoms with Gasteiger partial charge in [-0.2, -0.15) is 0 Å². The zero-order valence-corrected chi connectivity index (χ0v) is 17.1. The van der Waals surface area contributed by atoms with Crippen LogP contribution in [0, 0.1) is 0 Å². The van der Waals surface area contributed by atoms with E-state index in [-0.39, 0.29) is 0 Å².